The maximum atomic E-state index is 10.7. The van der Waals surface area contributed by atoms with Crippen LogP contribution in [0.3, 0.4) is 0 Å². The lowest BCUT2D eigenvalue weighted by atomic mass is 10.2. The maximum Gasteiger partial charge on any atom is 0.384 e. The van der Waals surface area contributed by atoms with Crippen molar-refractivity contribution in [3.63, 3.8) is 0 Å². The van der Waals surface area contributed by atoms with Crippen molar-refractivity contribution in [2.75, 3.05) is 12.5 Å². The summed E-state index contributed by atoms with van der Waals surface area (Å²) in [5.41, 5.74) is 3.81. The molecule has 0 unspecified atom stereocenters. The predicted molar refractivity (Wildman–Crippen MR) is 53.1 cm³/mol. The molecule has 4 heteroatoms. The summed E-state index contributed by atoms with van der Waals surface area (Å²) >= 11 is 0. The highest BCUT2D eigenvalue weighted by atomic mass is 16.5. The fraction of sp³-hybridized carbons (Fsp3) is 0.100. The fourth-order valence-corrected chi connectivity index (χ4v) is 0.887. The average Bonchev–Trinajstić information content (AvgIpc) is 2.26. The van der Waals surface area contributed by atoms with Crippen molar-refractivity contribution in [1.29, 1.82) is 0 Å². The van der Waals surface area contributed by atoms with Gasteiger partial charge in [0.1, 0.15) is 0 Å². The van der Waals surface area contributed by atoms with E-state index in [0.29, 0.717) is 11.3 Å². The molecule has 0 spiro atoms. The Bertz CT molecular complexity index is 391. The Balaban J connectivity index is 2.94. The highest BCUT2D eigenvalue weighted by Gasteiger charge is 1.96. The summed E-state index contributed by atoms with van der Waals surface area (Å²) in [6.07, 6.45) is 0. The quantitative estimate of drug-likeness (QED) is 0.293. The Hall–Kier alpha value is -1.99. The van der Waals surface area contributed by atoms with Crippen LogP contribution in [0, 0.1) is 11.8 Å². The molecule has 0 bridgehead atoms. The van der Waals surface area contributed by atoms with E-state index in [1.165, 1.54) is 7.11 Å². The number of hydrogen-bond donors (Lipinski definition) is 2. The van der Waals surface area contributed by atoms with Crippen molar-refractivity contribution in [2.24, 2.45) is 5.84 Å². The third-order valence-electron chi connectivity index (χ3n) is 1.57. The molecule has 1 aromatic carbocycles. The molecule has 0 saturated carbocycles. The number of carbonyl (C=O) groups is 1. The summed E-state index contributed by atoms with van der Waals surface area (Å²) in [7, 11) is 1.28. The molecule has 0 aliphatic heterocycles. The Kier molecular flexibility index (Phi) is 3.53. The molecular formula is C10H10N2O2. The van der Waals surface area contributed by atoms with Gasteiger partial charge in [-0.2, -0.15) is 0 Å². The van der Waals surface area contributed by atoms with E-state index in [-0.39, 0.29) is 0 Å². The van der Waals surface area contributed by atoms with Gasteiger partial charge in [0.05, 0.1) is 12.8 Å². The Labute approximate surface area is 82.0 Å². The van der Waals surface area contributed by atoms with E-state index in [1.807, 2.05) is 12.1 Å². The summed E-state index contributed by atoms with van der Waals surface area (Å²) in [5, 5.41) is 0. The third kappa shape index (κ3) is 2.51. The number of nitrogen functional groups attached to an aromatic ring is 1. The van der Waals surface area contributed by atoms with E-state index >= 15 is 0 Å². The van der Waals surface area contributed by atoms with Crippen LogP contribution >= 0.6 is 0 Å². The fourth-order valence-electron chi connectivity index (χ4n) is 0.887. The molecule has 3 N–H and O–H groups in total. The SMILES string of the molecule is COC(=O)C#Cc1ccccc1NN. The van der Waals surface area contributed by atoms with Gasteiger partial charge in [0.15, 0.2) is 0 Å². The number of para-hydroxylation sites is 1. The van der Waals surface area contributed by atoms with Crippen molar-refractivity contribution < 1.29 is 9.53 Å². The van der Waals surface area contributed by atoms with Gasteiger partial charge in [-0.05, 0) is 12.1 Å². The number of esters is 1. The monoisotopic (exact) mass is 190 g/mol. The first-order valence-electron chi connectivity index (χ1n) is 3.93. The minimum Gasteiger partial charge on any atom is -0.459 e. The van der Waals surface area contributed by atoms with Gasteiger partial charge in [-0.15, -0.1) is 0 Å². The second kappa shape index (κ2) is 4.90. The Morgan fingerprint density at radius 1 is 1.50 bits per heavy atom. The molecule has 0 heterocycles. The molecule has 0 atom stereocenters. The van der Waals surface area contributed by atoms with E-state index in [1.54, 1.807) is 12.1 Å². The molecule has 1 rings (SSSR count). The maximum absolute atomic E-state index is 10.7. The van der Waals surface area contributed by atoms with Crippen LogP contribution in [0.4, 0.5) is 5.69 Å². The molecule has 0 aromatic heterocycles. The average molecular weight is 190 g/mol. The second-order valence-corrected chi connectivity index (χ2v) is 2.43. The molecule has 4 nitrogen and oxygen atoms in total. The highest BCUT2D eigenvalue weighted by Crippen LogP contribution is 2.11. The third-order valence-corrected chi connectivity index (χ3v) is 1.57. The number of nitrogens with one attached hydrogen (secondary N) is 1. The summed E-state index contributed by atoms with van der Waals surface area (Å²) < 4.78 is 4.38. The number of nitrogens with two attached hydrogens (primary N) is 1. The summed E-state index contributed by atoms with van der Waals surface area (Å²) in [5.74, 6) is 9.65. The molecule has 72 valence electrons. The molecule has 0 radical (unpaired) electrons. The standard InChI is InChI=1S/C10H10N2O2/c1-14-10(13)7-6-8-4-2-3-5-9(8)12-11/h2-5,12H,11H2,1H3. The lowest BCUT2D eigenvalue weighted by Crippen LogP contribution is -2.08. The zero-order valence-electron chi connectivity index (χ0n) is 7.70. The van der Waals surface area contributed by atoms with E-state index in [2.05, 4.69) is 22.0 Å². The minimum atomic E-state index is -0.572. The number of hydrogen-bond acceptors (Lipinski definition) is 4. The van der Waals surface area contributed by atoms with E-state index in [9.17, 15) is 4.79 Å². The predicted octanol–water partition coefficient (Wildman–Crippen LogP) is 0.497. The zero-order chi connectivity index (χ0) is 10.4. The van der Waals surface area contributed by atoms with Gasteiger partial charge in [0.25, 0.3) is 0 Å². The molecule has 0 aliphatic carbocycles. The lowest BCUT2D eigenvalue weighted by Gasteiger charge is -2.00. The summed E-state index contributed by atoms with van der Waals surface area (Å²) in [6, 6.07) is 7.15. The van der Waals surface area contributed by atoms with Crippen molar-refractivity contribution in [3.8, 4) is 11.8 Å². The van der Waals surface area contributed by atoms with Crippen LogP contribution in [0.5, 0.6) is 0 Å². The van der Waals surface area contributed by atoms with Crippen molar-refractivity contribution in [1.82, 2.24) is 0 Å². The van der Waals surface area contributed by atoms with E-state index in [0.717, 1.165) is 0 Å². The highest BCUT2D eigenvalue weighted by molar-refractivity contribution is 5.89. The smallest absolute Gasteiger partial charge is 0.384 e. The van der Waals surface area contributed by atoms with Crippen LogP contribution in [-0.2, 0) is 9.53 Å². The number of ether oxygens (including phenoxy) is 1. The first-order chi connectivity index (χ1) is 6.77. The van der Waals surface area contributed by atoms with Crippen LogP contribution in [0.1, 0.15) is 5.56 Å². The second-order valence-electron chi connectivity index (χ2n) is 2.43. The zero-order valence-corrected chi connectivity index (χ0v) is 7.70. The molecule has 14 heavy (non-hydrogen) atoms. The first-order valence-corrected chi connectivity index (χ1v) is 3.93. The Morgan fingerprint density at radius 2 is 2.21 bits per heavy atom. The first kappa shape index (κ1) is 10.1. The van der Waals surface area contributed by atoms with Crippen molar-refractivity contribution >= 4 is 11.7 Å². The molecule has 0 aliphatic rings. The normalized spacial score (nSPS) is 8.43. The van der Waals surface area contributed by atoms with Gasteiger partial charge in [0, 0.05) is 11.5 Å². The van der Waals surface area contributed by atoms with Crippen molar-refractivity contribution in [2.45, 2.75) is 0 Å². The number of benzene rings is 1. The number of methoxy groups -OCH3 is 1. The topological polar surface area (TPSA) is 64.3 Å². The number of anilines is 1. The largest absolute Gasteiger partial charge is 0.459 e. The van der Waals surface area contributed by atoms with E-state index < -0.39 is 5.97 Å². The summed E-state index contributed by atoms with van der Waals surface area (Å²) in [6.45, 7) is 0. The minimum absolute atomic E-state index is 0.572. The van der Waals surface area contributed by atoms with Gasteiger partial charge in [-0.3, -0.25) is 5.84 Å². The molecule has 1 aromatic rings. The van der Waals surface area contributed by atoms with Gasteiger partial charge < -0.3 is 10.2 Å². The summed E-state index contributed by atoms with van der Waals surface area (Å²) in [4.78, 5) is 10.7. The van der Waals surface area contributed by atoms with Crippen molar-refractivity contribution in [3.05, 3.63) is 29.8 Å². The van der Waals surface area contributed by atoms with Crippen LogP contribution in [-0.4, -0.2) is 13.1 Å². The van der Waals surface area contributed by atoms with Gasteiger partial charge in [-0.1, -0.05) is 18.1 Å². The lowest BCUT2D eigenvalue weighted by molar-refractivity contribution is -0.133. The molecule has 0 saturated heterocycles. The van der Waals surface area contributed by atoms with Gasteiger partial charge in [0.2, 0.25) is 0 Å². The molecular weight excluding hydrogens is 180 g/mol. The number of carbonyl (C=O) groups excluding carboxylic acids is 1. The number of rotatable bonds is 1. The Morgan fingerprint density at radius 3 is 2.86 bits per heavy atom. The van der Waals surface area contributed by atoms with Gasteiger partial charge >= 0.3 is 5.97 Å². The molecule has 0 amide bonds. The van der Waals surface area contributed by atoms with Crippen LogP contribution in [0.25, 0.3) is 0 Å². The van der Waals surface area contributed by atoms with Gasteiger partial charge in [-0.25, -0.2) is 4.79 Å². The molecule has 0 fully saturated rings. The van der Waals surface area contributed by atoms with Crippen LogP contribution in [0.15, 0.2) is 24.3 Å². The van der Waals surface area contributed by atoms with Crippen LogP contribution in [0.2, 0.25) is 0 Å². The van der Waals surface area contributed by atoms with E-state index in [4.69, 9.17) is 5.84 Å². The number of hydrazine groups is 1. The van der Waals surface area contributed by atoms with Crippen LogP contribution < -0.4 is 11.3 Å².